The Morgan fingerprint density at radius 1 is 1.90 bits per heavy atom. The smallest absolute Gasteiger partial charge is 0.159 e. The Labute approximate surface area is 72.6 Å². The summed E-state index contributed by atoms with van der Waals surface area (Å²) in [4.78, 5) is 4.24. The summed E-state index contributed by atoms with van der Waals surface area (Å²) in [6.45, 7) is 2.73. The number of nitrogens with zero attached hydrogens (tertiary/aromatic N) is 1. The van der Waals surface area contributed by atoms with Crippen LogP contribution in [0.5, 0.6) is 0 Å². The van der Waals surface area contributed by atoms with Gasteiger partial charge in [0.2, 0.25) is 0 Å². The number of thiazole rings is 1. The third kappa shape index (κ3) is 1.78. The van der Waals surface area contributed by atoms with E-state index in [0.717, 1.165) is 9.61 Å². The second kappa shape index (κ2) is 3.46. The van der Waals surface area contributed by atoms with E-state index in [2.05, 4.69) is 27.8 Å². The van der Waals surface area contributed by atoms with Crippen LogP contribution in [0.3, 0.4) is 0 Å². The van der Waals surface area contributed by atoms with Crippen LogP contribution >= 0.6 is 27.3 Å². The van der Waals surface area contributed by atoms with Crippen molar-refractivity contribution in [2.45, 2.75) is 12.8 Å². The summed E-state index contributed by atoms with van der Waals surface area (Å²) in [7, 11) is 0. The molecule has 0 aliphatic heterocycles. The van der Waals surface area contributed by atoms with Crippen LogP contribution in [0, 0.1) is 0 Å². The molecule has 2 nitrogen and oxygen atoms in total. The summed E-state index contributed by atoms with van der Waals surface area (Å²) in [6.07, 6.45) is 0. The van der Waals surface area contributed by atoms with Gasteiger partial charge in [0, 0.05) is 17.8 Å². The van der Waals surface area contributed by atoms with Gasteiger partial charge in [-0.2, -0.15) is 0 Å². The fourth-order valence-corrected chi connectivity index (χ4v) is 1.76. The minimum atomic E-state index is 0.377. The molecule has 56 valence electrons. The summed E-state index contributed by atoms with van der Waals surface area (Å²) in [5.41, 5.74) is 6.55. The van der Waals surface area contributed by atoms with E-state index in [1.807, 2.05) is 5.38 Å². The molecule has 0 bridgehead atoms. The van der Waals surface area contributed by atoms with E-state index in [0.29, 0.717) is 12.5 Å². The van der Waals surface area contributed by atoms with Gasteiger partial charge in [0.25, 0.3) is 0 Å². The summed E-state index contributed by atoms with van der Waals surface area (Å²) < 4.78 is 0.933. The van der Waals surface area contributed by atoms with Crippen molar-refractivity contribution in [1.82, 2.24) is 4.98 Å². The van der Waals surface area contributed by atoms with Crippen molar-refractivity contribution in [3.8, 4) is 0 Å². The van der Waals surface area contributed by atoms with Crippen molar-refractivity contribution in [3.05, 3.63) is 15.0 Å². The SMILES string of the molecule is CC(CN)c1csc(Br)n1. The fraction of sp³-hybridized carbons (Fsp3) is 0.500. The molecule has 0 saturated carbocycles. The minimum Gasteiger partial charge on any atom is -0.330 e. The van der Waals surface area contributed by atoms with Crippen LogP contribution in [-0.4, -0.2) is 11.5 Å². The minimum absolute atomic E-state index is 0.377. The molecule has 10 heavy (non-hydrogen) atoms. The maximum Gasteiger partial charge on any atom is 0.159 e. The fourth-order valence-electron chi connectivity index (χ4n) is 0.610. The van der Waals surface area contributed by atoms with Crippen molar-refractivity contribution in [1.29, 1.82) is 0 Å². The van der Waals surface area contributed by atoms with Crippen LogP contribution in [0.4, 0.5) is 0 Å². The van der Waals surface area contributed by atoms with Crippen LogP contribution in [-0.2, 0) is 0 Å². The van der Waals surface area contributed by atoms with E-state index in [-0.39, 0.29) is 0 Å². The second-order valence-electron chi connectivity index (χ2n) is 2.16. The number of nitrogens with two attached hydrogens (primary N) is 1. The zero-order valence-corrected chi connectivity index (χ0v) is 8.08. The lowest BCUT2D eigenvalue weighted by atomic mass is 10.1. The largest absolute Gasteiger partial charge is 0.330 e. The van der Waals surface area contributed by atoms with Gasteiger partial charge >= 0.3 is 0 Å². The maximum absolute atomic E-state index is 5.46. The summed E-state index contributed by atoms with van der Waals surface area (Å²) in [5, 5.41) is 2.03. The zero-order chi connectivity index (χ0) is 7.56. The van der Waals surface area contributed by atoms with Gasteiger partial charge in [0.15, 0.2) is 3.92 Å². The molecule has 0 aliphatic carbocycles. The lowest BCUT2D eigenvalue weighted by molar-refractivity contribution is 0.750. The van der Waals surface area contributed by atoms with Gasteiger partial charge in [-0.25, -0.2) is 4.98 Å². The van der Waals surface area contributed by atoms with E-state index in [9.17, 15) is 0 Å². The van der Waals surface area contributed by atoms with Crippen LogP contribution in [0.1, 0.15) is 18.5 Å². The highest BCUT2D eigenvalue weighted by Gasteiger charge is 2.05. The first-order valence-corrected chi connectivity index (χ1v) is 4.72. The predicted octanol–water partition coefficient (Wildman–Crippen LogP) is 1.97. The molecule has 4 heteroatoms. The number of aromatic nitrogens is 1. The number of hydrogen-bond acceptors (Lipinski definition) is 3. The Hall–Kier alpha value is 0.0700. The first-order chi connectivity index (χ1) is 4.74. The standard InChI is InChI=1S/C6H9BrN2S/c1-4(2-8)5-3-10-6(7)9-5/h3-4H,2,8H2,1H3. The molecule has 1 aromatic rings. The van der Waals surface area contributed by atoms with Gasteiger partial charge in [-0.15, -0.1) is 11.3 Å². The number of hydrogen-bond donors (Lipinski definition) is 1. The average molecular weight is 221 g/mol. The molecular formula is C6H9BrN2S. The molecule has 1 heterocycles. The first-order valence-electron chi connectivity index (χ1n) is 3.05. The Balaban J connectivity index is 2.74. The zero-order valence-electron chi connectivity index (χ0n) is 5.67. The van der Waals surface area contributed by atoms with E-state index in [4.69, 9.17) is 5.73 Å². The van der Waals surface area contributed by atoms with Crippen LogP contribution in [0.25, 0.3) is 0 Å². The Morgan fingerprint density at radius 3 is 3.00 bits per heavy atom. The van der Waals surface area contributed by atoms with Crippen molar-refractivity contribution in [2.24, 2.45) is 5.73 Å². The molecule has 1 atom stereocenters. The molecular weight excluding hydrogens is 212 g/mol. The lowest BCUT2D eigenvalue weighted by Gasteiger charge is -2.01. The highest BCUT2D eigenvalue weighted by Crippen LogP contribution is 2.20. The van der Waals surface area contributed by atoms with Gasteiger partial charge < -0.3 is 5.73 Å². The summed E-state index contributed by atoms with van der Waals surface area (Å²) in [6, 6.07) is 0. The first kappa shape index (κ1) is 8.17. The Morgan fingerprint density at radius 2 is 2.60 bits per heavy atom. The lowest BCUT2D eigenvalue weighted by Crippen LogP contribution is -2.08. The van der Waals surface area contributed by atoms with E-state index in [1.165, 1.54) is 0 Å². The molecule has 0 aromatic carbocycles. The summed E-state index contributed by atoms with van der Waals surface area (Å²) >= 11 is 4.89. The molecule has 0 aliphatic rings. The third-order valence-corrected chi connectivity index (χ3v) is 2.74. The van der Waals surface area contributed by atoms with E-state index < -0.39 is 0 Å². The Bertz CT molecular complexity index is 211. The van der Waals surface area contributed by atoms with Crippen LogP contribution in [0.2, 0.25) is 0 Å². The monoisotopic (exact) mass is 220 g/mol. The Kier molecular flexibility index (Phi) is 2.82. The van der Waals surface area contributed by atoms with Crippen molar-refractivity contribution >= 4 is 27.3 Å². The topological polar surface area (TPSA) is 38.9 Å². The van der Waals surface area contributed by atoms with Crippen LogP contribution in [0.15, 0.2) is 9.30 Å². The van der Waals surface area contributed by atoms with E-state index >= 15 is 0 Å². The van der Waals surface area contributed by atoms with Crippen molar-refractivity contribution in [2.75, 3.05) is 6.54 Å². The molecule has 1 rings (SSSR count). The van der Waals surface area contributed by atoms with Gasteiger partial charge in [-0.3, -0.25) is 0 Å². The molecule has 0 fully saturated rings. The highest BCUT2D eigenvalue weighted by molar-refractivity contribution is 9.11. The predicted molar refractivity (Wildman–Crippen MR) is 47.3 cm³/mol. The normalized spacial score (nSPS) is 13.5. The number of rotatable bonds is 2. The van der Waals surface area contributed by atoms with E-state index in [1.54, 1.807) is 11.3 Å². The maximum atomic E-state index is 5.46. The molecule has 0 amide bonds. The van der Waals surface area contributed by atoms with Gasteiger partial charge in [0.05, 0.1) is 5.69 Å². The van der Waals surface area contributed by atoms with Crippen molar-refractivity contribution < 1.29 is 0 Å². The third-order valence-electron chi connectivity index (χ3n) is 1.35. The highest BCUT2D eigenvalue weighted by atomic mass is 79.9. The average Bonchev–Trinajstić information content (AvgIpc) is 2.34. The number of halogens is 1. The molecule has 2 N–H and O–H groups in total. The molecule has 0 radical (unpaired) electrons. The van der Waals surface area contributed by atoms with Crippen molar-refractivity contribution in [3.63, 3.8) is 0 Å². The molecule has 0 spiro atoms. The quantitative estimate of drug-likeness (QED) is 0.829. The van der Waals surface area contributed by atoms with Gasteiger partial charge in [-0.05, 0) is 15.9 Å². The van der Waals surface area contributed by atoms with Gasteiger partial charge in [0.1, 0.15) is 0 Å². The van der Waals surface area contributed by atoms with Crippen LogP contribution < -0.4 is 5.73 Å². The van der Waals surface area contributed by atoms with Gasteiger partial charge in [-0.1, -0.05) is 6.92 Å². The summed E-state index contributed by atoms with van der Waals surface area (Å²) in [5.74, 6) is 0.377. The molecule has 1 aromatic heterocycles. The molecule has 0 saturated heterocycles. The molecule has 1 unspecified atom stereocenters. The second-order valence-corrected chi connectivity index (χ2v) is 4.30.